The van der Waals surface area contributed by atoms with Crippen LogP contribution in [0.15, 0.2) is 4.99 Å². The van der Waals surface area contributed by atoms with Gasteiger partial charge in [0.15, 0.2) is 0 Å². The zero-order chi connectivity index (χ0) is 8.85. The lowest BCUT2D eigenvalue weighted by Crippen LogP contribution is -2.09. The van der Waals surface area contributed by atoms with Crippen molar-refractivity contribution in [1.82, 2.24) is 0 Å². The molecule has 0 spiro atoms. The maximum Gasteiger partial charge on any atom is 0.0673 e. The van der Waals surface area contributed by atoms with Gasteiger partial charge in [-0.05, 0) is 25.5 Å². The minimum Gasteiger partial charge on any atom is -0.280 e. The number of rotatable bonds is 3. The highest BCUT2D eigenvalue weighted by Crippen LogP contribution is 2.10. The Bertz CT molecular complexity index is 124. The van der Waals surface area contributed by atoms with Crippen LogP contribution in [0.3, 0.4) is 0 Å². The number of thioether (sulfide) groups is 1. The second kappa shape index (κ2) is 5.64. The number of hydrogen-bond acceptors (Lipinski definition) is 2. The fourth-order valence-corrected chi connectivity index (χ4v) is 1.22. The molecule has 0 aromatic rings. The summed E-state index contributed by atoms with van der Waals surface area (Å²) in [5, 5.41) is 1.27. The van der Waals surface area contributed by atoms with E-state index in [1.54, 1.807) is 11.8 Å². The Balaban J connectivity index is 4.03. The molecule has 0 rings (SSSR count). The summed E-state index contributed by atoms with van der Waals surface area (Å²) in [6.45, 7) is 8.75. The van der Waals surface area contributed by atoms with Gasteiger partial charge in [0.05, 0.1) is 11.1 Å². The molecule has 1 unspecified atom stereocenters. The van der Waals surface area contributed by atoms with Gasteiger partial charge in [-0.25, -0.2) is 0 Å². The predicted octanol–water partition coefficient (Wildman–Crippen LogP) is 3.20. The first-order valence-electron chi connectivity index (χ1n) is 4.22. The van der Waals surface area contributed by atoms with Crippen LogP contribution in [0, 0.1) is 5.92 Å². The van der Waals surface area contributed by atoms with Gasteiger partial charge in [0.1, 0.15) is 0 Å². The van der Waals surface area contributed by atoms with Crippen molar-refractivity contribution in [3.63, 3.8) is 0 Å². The van der Waals surface area contributed by atoms with E-state index in [1.165, 1.54) is 5.04 Å². The maximum atomic E-state index is 4.59. The smallest absolute Gasteiger partial charge is 0.0673 e. The summed E-state index contributed by atoms with van der Waals surface area (Å²) in [5.74, 6) is 0.656. The lowest BCUT2D eigenvalue weighted by molar-refractivity contribution is 0.532. The standard InChI is InChI=1S/C9H19NS/c1-6-9(11-5)10-8(4)7(2)3/h7-8H,6H2,1-5H3. The molecule has 2 heteroatoms. The fraction of sp³-hybridized carbons (Fsp3) is 0.889. The fourth-order valence-electron chi connectivity index (χ4n) is 0.665. The molecule has 0 aliphatic rings. The normalized spacial score (nSPS) is 15.6. The molecule has 0 saturated carbocycles. The van der Waals surface area contributed by atoms with E-state index in [4.69, 9.17) is 0 Å². The Morgan fingerprint density at radius 3 is 2.18 bits per heavy atom. The molecule has 1 nitrogen and oxygen atoms in total. The summed E-state index contributed by atoms with van der Waals surface area (Å²) in [7, 11) is 0. The third-order valence-electron chi connectivity index (χ3n) is 1.85. The lowest BCUT2D eigenvalue weighted by Gasteiger charge is -2.11. The van der Waals surface area contributed by atoms with E-state index in [2.05, 4.69) is 38.9 Å². The molecule has 0 radical (unpaired) electrons. The second-order valence-electron chi connectivity index (χ2n) is 3.07. The van der Waals surface area contributed by atoms with Gasteiger partial charge in [0.2, 0.25) is 0 Å². The Morgan fingerprint density at radius 2 is 1.91 bits per heavy atom. The van der Waals surface area contributed by atoms with E-state index in [-0.39, 0.29) is 0 Å². The van der Waals surface area contributed by atoms with Crippen molar-refractivity contribution in [2.45, 2.75) is 40.2 Å². The molecule has 0 N–H and O–H groups in total. The van der Waals surface area contributed by atoms with E-state index in [0.717, 1.165) is 6.42 Å². The number of aliphatic imine (C=N–C) groups is 1. The quantitative estimate of drug-likeness (QED) is 0.471. The second-order valence-corrected chi connectivity index (χ2v) is 3.94. The van der Waals surface area contributed by atoms with E-state index in [1.807, 2.05) is 0 Å². The van der Waals surface area contributed by atoms with Crippen LogP contribution in [0.1, 0.15) is 34.1 Å². The molecular weight excluding hydrogens is 154 g/mol. The molecule has 0 aliphatic carbocycles. The average Bonchev–Trinajstić information content (AvgIpc) is 1.99. The summed E-state index contributed by atoms with van der Waals surface area (Å²) in [4.78, 5) is 4.59. The topological polar surface area (TPSA) is 12.4 Å². The molecule has 0 bridgehead atoms. The van der Waals surface area contributed by atoms with Crippen LogP contribution >= 0.6 is 11.8 Å². The molecule has 0 heterocycles. The molecule has 0 aromatic heterocycles. The average molecular weight is 173 g/mol. The van der Waals surface area contributed by atoms with Crippen molar-refractivity contribution in [3.05, 3.63) is 0 Å². The monoisotopic (exact) mass is 173 g/mol. The van der Waals surface area contributed by atoms with Crippen LogP contribution in [0.4, 0.5) is 0 Å². The largest absolute Gasteiger partial charge is 0.280 e. The van der Waals surface area contributed by atoms with Crippen LogP contribution in [0.5, 0.6) is 0 Å². The maximum absolute atomic E-state index is 4.59. The summed E-state index contributed by atoms with van der Waals surface area (Å²) in [5.41, 5.74) is 0. The Labute approximate surface area is 74.7 Å². The Morgan fingerprint density at radius 1 is 1.36 bits per heavy atom. The zero-order valence-corrected chi connectivity index (χ0v) is 9.03. The third-order valence-corrected chi connectivity index (χ3v) is 2.72. The van der Waals surface area contributed by atoms with Crippen molar-refractivity contribution in [2.24, 2.45) is 10.9 Å². The van der Waals surface area contributed by atoms with Crippen molar-refractivity contribution in [3.8, 4) is 0 Å². The van der Waals surface area contributed by atoms with Crippen LogP contribution in [0.25, 0.3) is 0 Å². The van der Waals surface area contributed by atoms with Crippen molar-refractivity contribution < 1.29 is 0 Å². The van der Waals surface area contributed by atoms with Gasteiger partial charge in [-0.2, -0.15) is 0 Å². The Kier molecular flexibility index (Phi) is 5.65. The molecule has 0 aliphatic heterocycles. The zero-order valence-electron chi connectivity index (χ0n) is 8.22. The number of hydrogen-bond donors (Lipinski definition) is 0. The minimum atomic E-state index is 0.470. The van der Waals surface area contributed by atoms with Crippen LogP contribution in [-0.2, 0) is 0 Å². The summed E-state index contributed by atoms with van der Waals surface area (Å²) < 4.78 is 0. The third kappa shape index (κ3) is 4.46. The minimum absolute atomic E-state index is 0.470. The van der Waals surface area contributed by atoms with E-state index < -0.39 is 0 Å². The molecule has 1 atom stereocenters. The SMILES string of the molecule is CCC(=NC(C)C(C)C)SC. The first kappa shape index (κ1) is 11.0. The van der Waals surface area contributed by atoms with Gasteiger partial charge >= 0.3 is 0 Å². The van der Waals surface area contributed by atoms with E-state index in [0.29, 0.717) is 12.0 Å². The first-order valence-corrected chi connectivity index (χ1v) is 5.44. The van der Waals surface area contributed by atoms with Gasteiger partial charge in [-0.1, -0.05) is 20.8 Å². The summed E-state index contributed by atoms with van der Waals surface area (Å²) in [6, 6.07) is 0.470. The van der Waals surface area contributed by atoms with Crippen molar-refractivity contribution in [1.29, 1.82) is 0 Å². The van der Waals surface area contributed by atoms with Gasteiger partial charge in [-0.15, -0.1) is 11.8 Å². The van der Waals surface area contributed by atoms with Gasteiger partial charge in [-0.3, -0.25) is 4.99 Å². The van der Waals surface area contributed by atoms with Crippen LogP contribution < -0.4 is 0 Å². The van der Waals surface area contributed by atoms with Gasteiger partial charge < -0.3 is 0 Å². The predicted molar refractivity (Wildman–Crippen MR) is 55.5 cm³/mol. The highest BCUT2D eigenvalue weighted by Gasteiger charge is 2.05. The van der Waals surface area contributed by atoms with E-state index in [9.17, 15) is 0 Å². The van der Waals surface area contributed by atoms with Crippen molar-refractivity contribution >= 4 is 16.8 Å². The Hall–Kier alpha value is 0.0200. The molecular formula is C9H19NS. The molecule has 11 heavy (non-hydrogen) atoms. The van der Waals surface area contributed by atoms with Crippen LogP contribution in [0.2, 0.25) is 0 Å². The number of nitrogens with zero attached hydrogens (tertiary/aromatic N) is 1. The molecule has 0 fully saturated rings. The highest BCUT2D eigenvalue weighted by molar-refractivity contribution is 8.13. The van der Waals surface area contributed by atoms with E-state index >= 15 is 0 Å². The highest BCUT2D eigenvalue weighted by atomic mass is 32.2. The summed E-state index contributed by atoms with van der Waals surface area (Å²) >= 11 is 1.77. The van der Waals surface area contributed by atoms with Crippen LogP contribution in [-0.4, -0.2) is 17.3 Å². The van der Waals surface area contributed by atoms with Gasteiger partial charge in [0, 0.05) is 0 Å². The van der Waals surface area contributed by atoms with Gasteiger partial charge in [0.25, 0.3) is 0 Å². The molecule has 0 aromatic carbocycles. The first-order chi connectivity index (χ1) is 5.11. The molecule has 0 saturated heterocycles. The molecule has 66 valence electrons. The summed E-state index contributed by atoms with van der Waals surface area (Å²) in [6.07, 6.45) is 3.16. The lowest BCUT2D eigenvalue weighted by atomic mass is 10.1. The molecule has 0 amide bonds. The van der Waals surface area contributed by atoms with Crippen molar-refractivity contribution in [2.75, 3.05) is 6.26 Å².